The zero-order chi connectivity index (χ0) is 20.5. The highest BCUT2D eigenvalue weighted by Crippen LogP contribution is 2.30. The second-order valence-electron chi connectivity index (χ2n) is 6.85. The van der Waals surface area contributed by atoms with Crippen LogP contribution in [-0.4, -0.2) is 35.8 Å². The van der Waals surface area contributed by atoms with Crippen LogP contribution in [0.1, 0.15) is 25.0 Å². The Kier molecular flexibility index (Phi) is 5.18. The largest absolute Gasteiger partial charge is 0.325 e. The predicted octanol–water partition coefficient (Wildman–Crippen LogP) is 2.95. The molecule has 7 heteroatoms. The molecule has 2 aromatic rings. The zero-order valence-electron chi connectivity index (χ0n) is 16.0. The van der Waals surface area contributed by atoms with E-state index in [1.54, 1.807) is 6.07 Å². The van der Waals surface area contributed by atoms with Crippen LogP contribution in [0.25, 0.3) is 0 Å². The van der Waals surface area contributed by atoms with Crippen molar-refractivity contribution >= 4 is 23.5 Å². The SMILES string of the molecule is CCN(C(=O)CN1C(=O)NC(C)(c2ccccc2F)C1=O)c1ccccc1C. The number of benzene rings is 2. The minimum absolute atomic E-state index is 0.0644. The molecule has 1 fully saturated rings. The maximum Gasteiger partial charge on any atom is 0.325 e. The van der Waals surface area contributed by atoms with Crippen LogP contribution in [0, 0.1) is 12.7 Å². The van der Waals surface area contributed by atoms with Gasteiger partial charge in [-0.2, -0.15) is 0 Å². The number of nitrogens with zero attached hydrogens (tertiary/aromatic N) is 2. The molecule has 0 radical (unpaired) electrons. The molecule has 1 atom stereocenters. The lowest BCUT2D eigenvalue weighted by Crippen LogP contribution is -2.45. The van der Waals surface area contributed by atoms with Crippen LogP contribution >= 0.6 is 0 Å². The molecule has 0 saturated carbocycles. The number of aryl methyl sites for hydroxylation is 1. The van der Waals surface area contributed by atoms with E-state index in [0.717, 1.165) is 16.2 Å². The van der Waals surface area contributed by atoms with Crippen LogP contribution in [-0.2, 0) is 15.1 Å². The predicted molar refractivity (Wildman–Crippen MR) is 103 cm³/mol. The molecule has 1 aliphatic heterocycles. The Morgan fingerprint density at radius 3 is 2.43 bits per heavy atom. The molecule has 1 unspecified atom stereocenters. The number of likely N-dealkylation sites (N-methyl/N-ethyl adjacent to an activating group) is 1. The Morgan fingerprint density at radius 1 is 1.14 bits per heavy atom. The van der Waals surface area contributed by atoms with Crippen molar-refractivity contribution in [3.63, 3.8) is 0 Å². The van der Waals surface area contributed by atoms with Gasteiger partial charge in [0.15, 0.2) is 0 Å². The van der Waals surface area contributed by atoms with E-state index in [1.807, 2.05) is 38.1 Å². The van der Waals surface area contributed by atoms with E-state index < -0.39 is 35.7 Å². The number of para-hydroxylation sites is 1. The van der Waals surface area contributed by atoms with Crippen LogP contribution in [0.4, 0.5) is 14.9 Å². The van der Waals surface area contributed by atoms with Crippen LogP contribution in [0.15, 0.2) is 48.5 Å². The molecule has 1 N–H and O–H groups in total. The number of carbonyl (C=O) groups excluding carboxylic acids is 3. The van der Waals surface area contributed by atoms with Gasteiger partial charge < -0.3 is 10.2 Å². The highest BCUT2D eigenvalue weighted by atomic mass is 19.1. The van der Waals surface area contributed by atoms with Crippen LogP contribution in [0.5, 0.6) is 0 Å². The number of halogens is 1. The Bertz CT molecular complexity index is 946. The summed E-state index contributed by atoms with van der Waals surface area (Å²) in [5, 5.41) is 2.53. The summed E-state index contributed by atoms with van der Waals surface area (Å²) in [5.41, 5.74) is 0.141. The molecular weight excluding hydrogens is 361 g/mol. The molecule has 0 aromatic heterocycles. The number of anilines is 1. The van der Waals surface area contributed by atoms with Gasteiger partial charge in [-0.3, -0.25) is 14.5 Å². The second-order valence-corrected chi connectivity index (χ2v) is 6.85. The quantitative estimate of drug-likeness (QED) is 0.807. The van der Waals surface area contributed by atoms with Gasteiger partial charge in [-0.1, -0.05) is 36.4 Å². The van der Waals surface area contributed by atoms with Gasteiger partial charge in [-0.25, -0.2) is 9.18 Å². The molecule has 0 aliphatic carbocycles. The van der Waals surface area contributed by atoms with E-state index in [-0.39, 0.29) is 5.56 Å². The first-order chi connectivity index (χ1) is 13.3. The van der Waals surface area contributed by atoms with Crippen molar-refractivity contribution in [3.05, 3.63) is 65.5 Å². The number of amides is 4. The molecule has 1 saturated heterocycles. The average molecular weight is 383 g/mol. The number of rotatable bonds is 5. The number of carbonyl (C=O) groups is 3. The van der Waals surface area contributed by atoms with Crippen LogP contribution < -0.4 is 10.2 Å². The fourth-order valence-electron chi connectivity index (χ4n) is 3.46. The Hall–Kier alpha value is -3.22. The van der Waals surface area contributed by atoms with Crippen LogP contribution in [0.3, 0.4) is 0 Å². The number of nitrogens with one attached hydrogen (secondary N) is 1. The molecule has 0 spiro atoms. The summed E-state index contributed by atoms with van der Waals surface area (Å²) >= 11 is 0. The summed E-state index contributed by atoms with van der Waals surface area (Å²) in [4.78, 5) is 40.6. The van der Waals surface area contributed by atoms with Gasteiger partial charge in [0.1, 0.15) is 17.9 Å². The standard InChI is InChI=1S/C21H22FN3O3/c1-4-24(17-12-8-5-9-14(17)2)18(26)13-25-19(27)21(3,23-20(25)28)15-10-6-7-11-16(15)22/h5-12H,4,13H2,1-3H3,(H,23,28). The van der Waals surface area contributed by atoms with Gasteiger partial charge in [0.05, 0.1) is 0 Å². The molecule has 3 rings (SSSR count). The van der Waals surface area contributed by atoms with Crippen molar-refractivity contribution in [2.75, 3.05) is 18.0 Å². The van der Waals surface area contributed by atoms with Gasteiger partial charge in [0.2, 0.25) is 5.91 Å². The van der Waals surface area contributed by atoms with E-state index in [1.165, 1.54) is 30.0 Å². The van der Waals surface area contributed by atoms with Crippen molar-refractivity contribution < 1.29 is 18.8 Å². The lowest BCUT2D eigenvalue weighted by Gasteiger charge is -2.25. The van der Waals surface area contributed by atoms with Crippen molar-refractivity contribution in [1.29, 1.82) is 0 Å². The monoisotopic (exact) mass is 383 g/mol. The van der Waals surface area contributed by atoms with Gasteiger partial charge in [0, 0.05) is 17.8 Å². The minimum Gasteiger partial charge on any atom is -0.319 e. The second kappa shape index (κ2) is 7.42. The summed E-state index contributed by atoms with van der Waals surface area (Å²) in [6, 6.07) is 12.4. The first kappa shape index (κ1) is 19.5. The normalized spacial score (nSPS) is 18.9. The van der Waals surface area contributed by atoms with Crippen molar-refractivity contribution in [2.24, 2.45) is 0 Å². The molecule has 0 bridgehead atoms. The molecular formula is C21H22FN3O3. The first-order valence-electron chi connectivity index (χ1n) is 9.04. The Balaban J connectivity index is 1.85. The number of hydrogen-bond donors (Lipinski definition) is 1. The van der Waals surface area contributed by atoms with Crippen molar-refractivity contribution in [1.82, 2.24) is 10.2 Å². The van der Waals surface area contributed by atoms with E-state index in [4.69, 9.17) is 0 Å². The van der Waals surface area contributed by atoms with Gasteiger partial charge >= 0.3 is 6.03 Å². The summed E-state index contributed by atoms with van der Waals surface area (Å²) in [6.45, 7) is 5.11. The Labute approximate surface area is 162 Å². The van der Waals surface area contributed by atoms with E-state index in [2.05, 4.69) is 5.32 Å². The minimum atomic E-state index is -1.55. The topological polar surface area (TPSA) is 69.7 Å². The molecule has 4 amide bonds. The number of imide groups is 1. The smallest absolute Gasteiger partial charge is 0.319 e. The highest BCUT2D eigenvalue weighted by Gasteiger charge is 2.50. The fourth-order valence-corrected chi connectivity index (χ4v) is 3.46. The van der Waals surface area contributed by atoms with Gasteiger partial charge in [-0.15, -0.1) is 0 Å². The Morgan fingerprint density at radius 2 is 1.79 bits per heavy atom. The third-order valence-corrected chi connectivity index (χ3v) is 5.00. The summed E-state index contributed by atoms with van der Waals surface area (Å²) in [7, 11) is 0. The molecule has 28 heavy (non-hydrogen) atoms. The van der Waals surface area contributed by atoms with E-state index >= 15 is 0 Å². The van der Waals surface area contributed by atoms with Crippen molar-refractivity contribution in [2.45, 2.75) is 26.3 Å². The third kappa shape index (κ3) is 3.24. The summed E-state index contributed by atoms with van der Waals surface area (Å²) in [5.74, 6) is -1.64. The van der Waals surface area contributed by atoms with Gasteiger partial charge in [0.25, 0.3) is 5.91 Å². The highest BCUT2D eigenvalue weighted by molar-refractivity contribution is 6.10. The van der Waals surface area contributed by atoms with Crippen LogP contribution in [0.2, 0.25) is 0 Å². The maximum atomic E-state index is 14.2. The lowest BCUT2D eigenvalue weighted by molar-refractivity contribution is -0.134. The van der Waals surface area contributed by atoms with E-state index in [9.17, 15) is 18.8 Å². The first-order valence-corrected chi connectivity index (χ1v) is 9.04. The van der Waals surface area contributed by atoms with Crippen molar-refractivity contribution in [3.8, 4) is 0 Å². The summed E-state index contributed by atoms with van der Waals surface area (Å²) < 4.78 is 14.2. The lowest BCUT2D eigenvalue weighted by atomic mass is 9.91. The molecule has 1 heterocycles. The van der Waals surface area contributed by atoms with E-state index in [0.29, 0.717) is 6.54 Å². The fraction of sp³-hybridized carbons (Fsp3) is 0.286. The zero-order valence-corrected chi connectivity index (χ0v) is 16.0. The number of urea groups is 1. The molecule has 1 aliphatic rings. The average Bonchev–Trinajstić information content (AvgIpc) is 2.88. The summed E-state index contributed by atoms with van der Waals surface area (Å²) in [6.07, 6.45) is 0. The third-order valence-electron chi connectivity index (χ3n) is 5.00. The molecule has 6 nitrogen and oxygen atoms in total. The van der Waals surface area contributed by atoms with Gasteiger partial charge in [-0.05, 0) is 38.5 Å². The molecule has 146 valence electrons. The molecule has 2 aromatic carbocycles. The number of hydrogen-bond acceptors (Lipinski definition) is 3. The maximum absolute atomic E-state index is 14.2.